The summed E-state index contributed by atoms with van der Waals surface area (Å²) in [6.45, 7) is 1.91. The molecular weight excluding hydrogens is 435 g/mol. The van der Waals surface area contributed by atoms with Gasteiger partial charge in [0, 0.05) is 16.6 Å². The Morgan fingerprint density at radius 2 is 1.68 bits per heavy atom. The number of carbonyl (C=O) groups excluding carboxylic acids is 1. The number of aryl methyl sites for hydroxylation is 1. The SMILES string of the molecule is Cc1csc(=NC(=O)c2cccc3ccccc23)n1-c1cc(Cl)c(Cl)cc1Cl. The Hall–Kier alpha value is -2.11. The lowest BCUT2D eigenvalue weighted by Gasteiger charge is -2.10. The molecule has 4 rings (SSSR count). The Balaban J connectivity index is 1.88. The molecule has 0 saturated carbocycles. The van der Waals surface area contributed by atoms with Crippen LogP contribution in [0, 0.1) is 6.92 Å². The summed E-state index contributed by atoms with van der Waals surface area (Å²) >= 11 is 20.0. The first-order chi connectivity index (χ1) is 13.5. The molecule has 3 aromatic carbocycles. The van der Waals surface area contributed by atoms with Crippen molar-refractivity contribution < 1.29 is 4.79 Å². The van der Waals surface area contributed by atoms with Crippen LogP contribution >= 0.6 is 46.1 Å². The minimum atomic E-state index is -0.316. The largest absolute Gasteiger partial charge is 0.288 e. The van der Waals surface area contributed by atoms with E-state index in [1.807, 2.05) is 48.7 Å². The van der Waals surface area contributed by atoms with Crippen LogP contribution in [0.1, 0.15) is 16.1 Å². The molecule has 0 unspecified atom stereocenters. The molecule has 0 aliphatic carbocycles. The molecule has 3 nitrogen and oxygen atoms in total. The number of benzene rings is 3. The van der Waals surface area contributed by atoms with Gasteiger partial charge in [-0.25, -0.2) is 0 Å². The van der Waals surface area contributed by atoms with E-state index in [-0.39, 0.29) is 5.91 Å². The van der Waals surface area contributed by atoms with Crippen LogP contribution in [0.25, 0.3) is 16.5 Å². The Morgan fingerprint density at radius 3 is 2.50 bits per heavy atom. The van der Waals surface area contributed by atoms with Gasteiger partial charge in [-0.3, -0.25) is 9.36 Å². The summed E-state index contributed by atoms with van der Waals surface area (Å²) in [6.07, 6.45) is 0. The maximum absolute atomic E-state index is 13.0. The fourth-order valence-electron chi connectivity index (χ4n) is 3.01. The first-order valence-corrected chi connectivity index (χ1v) is 10.4. The molecule has 1 aromatic heterocycles. The molecule has 0 atom stereocenters. The van der Waals surface area contributed by atoms with E-state index in [2.05, 4.69) is 4.99 Å². The van der Waals surface area contributed by atoms with Crippen molar-refractivity contribution in [3.05, 3.63) is 91.1 Å². The lowest BCUT2D eigenvalue weighted by atomic mass is 10.0. The summed E-state index contributed by atoms with van der Waals surface area (Å²) in [5.41, 5.74) is 2.06. The summed E-state index contributed by atoms with van der Waals surface area (Å²) in [4.78, 5) is 17.9. The number of aromatic nitrogens is 1. The molecule has 0 aliphatic heterocycles. The number of rotatable bonds is 2. The third-order valence-electron chi connectivity index (χ3n) is 4.33. The second-order valence-electron chi connectivity index (χ2n) is 6.16. The molecule has 0 aliphatic rings. The van der Waals surface area contributed by atoms with Crippen LogP contribution in [0.4, 0.5) is 0 Å². The fourth-order valence-corrected chi connectivity index (χ4v) is 4.50. The van der Waals surface area contributed by atoms with Gasteiger partial charge in [-0.2, -0.15) is 4.99 Å². The Bertz CT molecular complexity index is 1290. The molecule has 1 heterocycles. The van der Waals surface area contributed by atoms with Crippen molar-refractivity contribution >= 4 is 62.8 Å². The normalized spacial score (nSPS) is 11.9. The maximum Gasteiger partial charge on any atom is 0.280 e. The summed E-state index contributed by atoms with van der Waals surface area (Å²) < 4.78 is 1.80. The van der Waals surface area contributed by atoms with Crippen LogP contribution in [-0.2, 0) is 0 Å². The number of thiazole rings is 1. The summed E-state index contributed by atoms with van der Waals surface area (Å²) in [6, 6.07) is 16.6. The second-order valence-corrected chi connectivity index (χ2v) is 8.21. The smallest absolute Gasteiger partial charge is 0.280 e. The van der Waals surface area contributed by atoms with E-state index >= 15 is 0 Å². The van der Waals surface area contributed by atoms with Crippen molar-refractivity contribution in [2.75, 3.05) is 0 Å². The van der Waals surface area contributed by atoms with Gasteiger partial charge in [0.1, 0.15) is 0 Å². The zero-order valence-corrected chi connectivity index (χ0v) is 17.7. The number of amides is 1. The average Bonchev–Trinajstić information content (AvgIpc) is 3.04. The maximum atomic E-state index is 13.0. The van der Waals surface area contributed by atoms with Crippen molar-refractivity contribution in [2.45, 2.75) is 6.92 Å². The highest BCUT2D eigenvalue weighted by atomic mass is 35.5. The van der Waals surface area contributed by atoms with Crippen molar-refractivity contribution in [2.24, 2.45) is 4.99 Å². The van der Waals surface area contributed by atoms with Crippen molar-refractivity contribution in [3.8, 4) is 5.69 Å². The van der Waals surface area contributed by atoms with Gasteiger partial charge >= 0.3 is 0 Å². The standard InChI is InChI=1S/C21H13Cl3N2OS/c1-12-11-28-21(26(12)19-10-17(23)16(22)9-18(19)24)25-20(27)15-8-4-6-13-5-2-3-7-14(13)15/h2-11H,1H3. The van der Waals surface area contributed by atoms with E-state index in [9.17, 15) is 4.79 Å². The number of carbonyl (C=O) groups is 1. The zero-order chi connectivity index (χ0) is 19.8. The van der Waals surface area contributed by atoms with Gasteiger partial charge < -0.3 is 0 Å². The average molecular weight is 448 g/mol. The molecule has 4 aromatic rings. The van der Waals surface area contributed by atoms with Crippen LogP contribution in [-0.4, -0.2) is 10.5 Å². The number of fused-ring (bicyclic) bond motifs is 1. The molecule has 0 N–H and O–H groups in total. The van der Waals surface area contributed by atoms with Crippen LogP contribution < -0.4 is 4.80 Å². The van der Waals surface area contributed by atoms with E-state index in [0.717, 1.165) is 16.5 Å². The Kier molecular flexibility index (Phi) is 5.30. The molecule has 0 radical (unpaired) electrons. The van der Waals surface area contributed by atoms with Crippen LogP contribution in [0.5, 0.6) is 0 Å². The first kappa shape index (κ1) is 19.2. The van der Waals surface area contributed by atoms with E-state index in [0.29, 0.717) is 31.1 Å². The Labute approximate surface area is 180 Å². The van der Waals surface area contributed by atoms with Gasteiger partial charge in [-0.05, 0) is 35.9 Å². The van der Waals surface area contributed by atoms with Gasteiger partial charge in [0.25, 0.3) is 5.91 Å². The molecule has 0 bridgehead atoms. The van der Waals surface area contributed by atoms with Gasteiger partial charge in [0.2, 0.25) is 0 Å². The lowest BCUT2D eigenvalue weighted by molar-refractivity contribution is 0.0999. The van der Waals surface area contributed by atoms with Gasteiger partial charge in [-0.15, -0.1) is 11.3 Å². The van der Waals surface area contributed by atoms with Gasteiger partial charge in [-0.1, -0.05) is 71.2 Å². The number of halogens is 3. The van der Waals surface area contributed by atoms with Gasteiger partial charge in [0.05, 0.1) is 20.8 Å². The molecule has 0 spiro atoms. The summed E-state index contributed by atoms with van der Waals surface area (Å²) in [5.74, 6) is -0.316. The van der Waals surface area contributed by atoms with Crippen molar-refractivity contribution in [3.63, 3.8) is 0 Å². The number of nitrogens with zero attached hydrogens (tertiary/aromatic N) is 2. The molecular formula is C21H13Cl3N2OS. The van der Waals surface area contributed by atoms with Crippen LogP contribution in [0.3, 0.4) is 0 Å². The van der Waals surface area contributed by atoms with E-state index in [1.165, 1.54) is 11.3 Å². The lowest BCUT2D eigenvalue weighted by Crippen LogP contribution is -2.17. The molecule has 1 amide bonds. The second kappa shape index (κ2) is 7.72. The van der Waals surface area contributed by atoms with Crippen molar-refractivity contribution in [1.82, 2.24) is 4.57 Å². The number of hydrogen-bond acceptors (Lipinski definition) is 2. The molecule has 28 heavy (non-hydrogen) atoms. The molecule has 0 saturated heterocycles. The predicted octanol–water partition coefficient (Wildman–Crippen LogP) is 6.70. The number of hydrogen-bond donors (Lipinski definition) is 0. The third-order valence-corrected chi connectivity index (χ3v) is 6.30. The highest BCUT2D eigenvalue weighted by Gasteiger charge is 2.14. The highest BCUT2D eigenvalue weighted by Crippen LogP contribution is 2.31. The Morgan fingerprint density at radius 1 is 0.964 bits per heavy atom. The van der Waals surface area contributed by atoms with E-state index < -0.39 is 0 Å². The topological polar surface area (TPSA) is 34.4 Å². The van der Waals surface area contributed by atoms with Gasteiger partial charge in [0.15, 0.2) is 4.80 Å². The highest BCUT2D eigenvalue weighted by molar-refractivity contribution is 7.07. The van der Waals surface area contributed by atoms with Crippen molar-refractivity contribution in [1.29, 1.82) is 0 Å². The van der Waals surface area contributed by atoms with E-state index in [1.54, 1.807) is 22.8 Å². The molecule has 140 valence electrons. The minimum absolute atomic E-state index is 0.316. The van der Waals surface area contributed by atoms with E-state index in [4.69, 9.17) is 34.8 Å². The van der Waals surface area contributed by atoms with Crippen LogP contribution in [0.15, 0.2) is 65.0 Å². The van der Waals surface area contributed by atoms with Crippen LogP contribution in [0.2, 0.25) is 15.1 Å². The summed E-state index contributed by atoms with van der Waals surface area (Å²) in [5, 5.41) is 4.95. The predicted molar refractivity (Wildman–Crippen MR) is 117 cm³/mol. The summed E-state index contributed by atoms with van der Waals surface area (Å²) in [7, 11) is 0. The fraction of sp³-hybridized carbons (Fsp3) is 0.0476. The third kappa shape index (κ3) is 3.49. The molecule has 7 heteroatoms. The first-order valence-electron chi connectivity index (χ1n) is 8.34. The minimum Gasteiger partial charge on any atom is -0.288 e. The molecule has 0 fully saturated rings. The monoisotopic (exact) mass is 446 g/mol. The quantitative estimate of drug-likeness (QED) is 0.315. The zero-order valence-electron chi connectivity index (χ0n) is 14.6.